The number of benzene rings is 1. The molecule has 0 saturated heterocycles. The van der Waals surface area contributed by atoms with E-state index in [0.717, 1.165) is 4.90 Å². The zero-order valence-corrected chi connectivity index (χ0v) is 11.0. The number of carbonyl (C=O) groups is 1. The van der Waals surface area contributed by atoms with Crippen molar-refractivity contribution in [1.82, 2.24) is 9.97 Å². The summed E-state index contributed by atoms with van der Waals surface area (Å²) < 4.78 is 0. The second kappa shape index (κ2) is 5.37. The van der Waals surface area contributed by atoms with Crippen molar-refractivity contribution in [2.24, 2.45) is 0 Å². The Morgan fingerprint density at radius 2 is 2.17 bits per heavy atom. The summed E-state index contributed by atoms with van der Waals surface area (Å²) in [4.78, 5) is 29.6. The molecular formula is C12H9ClN2O2S. The van der Waals surface area contributed by atoms with E-state index in [0.29, 0.717) is 27.7 Å². The van der Waals surface area contributed by atoms with Gasteiger partial charge in [0, 0.05) is 22.2 Å². The molecule has 1 aromatic carbocycles. The first-order chi connectivity index (χ1) is 8.58. The van der Waals surface area contributed by atoms with Gasteiger partial charge in [0.05, 0.1) is 5.02 Å². The summed E-state index contributed by atoms with van der Waals surface area (Å²) in [7, 11) is 0. The Labute approximate surface area is 112 Å². The van der Waals surface area contributed by atoms with Crippen LogP contribution in [-0.2, 0) is 0 Å². The van der Waals surface area contributed by atoms with E-state index in [1.807, 2.05) is 0 Å². The van der Waals surface area contributed by atoms with Crippen LogP contribution in [0.15, 0.2) is 39.1 Å². The zero-order valence-electron chi connectivity index (χ0n) is 9.44. The Bertz CT molecular complexity index is 655. The number of halogens is 1. The Morgan fingerprint density at radius 1 is 1.39 bits per heavy atom. The van der Waals surface area contributed by atoms with Crippen LogP contribution in [-0.4, -0.2) is 16.3 Å². The molecule has 2 rings (SSSR count). The molecule has 6 heteroatoms. The molecule has 0 bridgehead atoms. The van der Waals surface area contributed by atoms with Gasteiger partial charge in [-0.15, -0.1) is 0 Å². The van der Waals surface area contributed by atoms with Crippen LogP contribution in [0, 0.1) is 6.92 Å². The molecule has 0 unspecified atom stereocenters. The molecular weight excluding hydrogens is 272 g/mol. The van der Waals surface area contributed by atoms with Gasteiger partial charge in [-0.2, -0.15) is 0 Å². The van der Waals surface area contributed by atoms with Crippen LogP contribution in [0.25, 0.3) is 0 Å². The molecule has 0 aliphatic heterocycles. The molecule has 0 amide bonds. The van der Waals surface area contributed by atoms with Crippen molar-refractivity contribution in [2.75, 3.05) is 0 Å². The highest BCUT2D eigenvalue weighted by atomic mass is 35.5. The third-order valence-electron chi connectivity index (χ3n) is 2.16. The predicted molar refractivity (Wildman–Crippen MR) is 70.6 cm³/mol. The molecule has 92 valence electrons. The molecule has 0 fully saturated rings. The quantitative estimate of drug-likeness (QED) is 0.693. The van der Waals surface area contributed by atoms with Gasteiger partial charge in [0.1, 0.15) is 0 Å². The lowest BCUT2D eigenvalue weighted by atomic mass is 10.2. The number of hydrogen-bond acceptors (Lipinski definition) is 4. The van der Waals surface area contributed by atoms with Gasteiger partial charge in [-0.1, -0.05) is 23.4 Å². The van der Waals surface area contributed by atoms with E-state index < -0.39 is 0 Å². The van der Waals surface area contributed by atoms with Gasteiger partial charge in [-0.25, -0.2) is 4.98 Å². The smallest absolute Gasteiger partial charge is 0.251 e. The van der Waals surface area contributed by atoms with Gasteiger partial charge in [0.15, 0.2) is 11.4 Å². The van der Waals surface area contributed by atoms with Gasteiger partial charge >= 0.3 is 0 Å². The topological polar surface area (TPSA) is 62.8 Å². The second-order valence-electron chi connectivity index (χ2n) is 3.60. The average molecular weight is 281 g/mol. The highest BCUT2D eigenvalue weighted by Crippen LogP contribution is 2.27. The molecule has 1 heterocycles. The average Bonchev–Trinajstić information content (AvgIpc) is 2.27. The molecule has 0 atom stereocenters. The van der Waals surface area contributed by atoms with Crippen molar-refractivity contribution >= 4 is 29.6 Å². The summed E-state index contributed by atoms with van der Waals surface area (Å²) in [5.74, 6) is 0. The summed E-state index contributed by atoms with van der Waals surface area (Å²) in [5.41, 5.74) is 0.893. The molecule has 4 nitrogen and oxygen atoms in total. The van der Waals surface area contributed by atoms with E-state index in [1.165, 1.54) is 17.8 Å². The highest BCUT2D eigenvalue weighted by molar-refractivity contribution is 7.99. The van der Waals surface area contributed by atoms with Crippen molar-refractivity contribution in [3.63, 3.8) is 0 Å². The first kappa shape index (κ1) is 12.9. The molecule has 0 saturated carbocycles. The second-order valence-corrected chi connectivity index (χ2v) is 5.06. The third kappa shape index (κ3) is 3.00. The van der Waals surface area contributed by atoms with E-state index in [9.17, 15) is 9.59 Å². The predicted octanol–water partition coefficient (Wildman–Crippen LogP) is 2.70. The van der Waals surface area contributed by atoms with Gasteiger partial charge in [-0.3, -0.25) is 9.59 Å². The molecule has 0 aliphatic rings. The molecule has 1 N–H and O–H groups in total. The number of aromatic amines is 1. The van der Waals surface area contributed by atoms with E-state index in [-0.39, 0.29) is 5.56 Å². The Kier molecular flexibility index (Phi) is 3.84. The van der Waals surface area contributed by atoms with E-state index in [2.05, 4.69) is 9.97 Å². The van der Waals surface area contributed by atoms with Crippen LogP contribution >= 0.6 is 23.4 Å². The van der Waals surface area contributed by atoms with Gasteiger partial charge in [0.2, 0.25) is 0 Å². The fraction of sp³-hybridized carbons (Fsp3) is 0.0833. The summed E-state index contributed by atoms with van der Waals surface area (Å²) in [6.07, 6.45) is 0.698. The number of nitrogens with one attached hydrogen (secondary N) is 1. The lowest BCUT2D eigenvalue weighted by Crippen LogP contribution is -2.07. The van der Waals surface area contributed by atoms with Crippen LogP contribution in [0.5, 0.6) is 0 Å². The highest BCUT2D eigenvalue weighted by Gasteiger charge is 2.05. The number of aryl methyl sites for hydroxylation is 1. The minimum absolute atomic E-state index is 0.194. The third-order valence-corrected chi connectivity index (χ3v) is 3.37. The normalized spacial score (nSPS) is 10.3. The minimum Gasteiger partial charge on any atom is -0.301 e. The Balaban J connectivity index is 2.31. The lowest BCUT2D eigenvalue weighted by molar-refractivity contribution is 0.112. The maximum absolute atomic E-state index is 11.3. The van der Waals surface area contributed by atoms with E-state index in [4.69, 9.17) is 11.6 Å². The molecule has 0 aliphatic carbocycles. The van der Waals surface area contributed by atoms with Crippen molar-refractivity contribution in [3.05, 3.63) is 50.9 Å². The first-order valence-corrected chi connectivity index (χ1v) is 6.28. The Hall–Kier alpha value is -1.59. The summed E-state index contributed by atoms with van der Waals surface area (Å²) in [6.45, 7) is 1.75. The van der Waals surface area contributed by atoms with Gasteiger partial charge in [-0.05, 0) is 25.1 Å². The summed E-state index contributed by atoms with van der Waals surface area (Å²) in [6, 6.07) is 6.47. The van der Waals surface area contributed by atoms with E-state index in [1.54, 1.807) is 25.1 Å². The number of H-pyrrole nitrogens is 1. The van der Waals surface area contributed by atoms with Gasteiger partial charge in [0.25, 0.3) is 5.56 Å². The van der Waals surface area contributed by atoms with Gasteiger partial charge < -0.3 is 4.98 Å². The first-order valence-electron chi connectivity index (χ1n) is 5.09. The van der Waals surface area contributed by atoms with Crippen LogP contribution in [0.4, 0.5) is 0 Å². The SMILES string of the molecule is Cc1cc(=O)[nH]c(Sc2ccc(C=O)c(Cl)c2)n1. The van der Waals surface area contributed by atoms with Crippen LogP contribution in [0.2, 0.25) is 5.02 Å². The summed E-state index contributed by atoms with van der Waals surface area (Å²) in [5, 5.41) is 0.875. The molecule has 0 spiro atoms. The van der Waals surface area contributed by atoms with E-state index >= 15 is 0 Å². The largest absolute Gasteiger partial charge is 0.301 e. The number of nitrogens with zero attached hydrogens (tertiary/aromatic N) is 1. The lowest BCUT2D eigenvalue weighted by Gasteiger charge is -2.03. The zero-order chi connectivity index (χ0) is 13.1. The van der Waals surface area contributed by atoms with Crippen molar-refractivity contribution in [2.45, 2.75) is 17.0 Å². The summed E-state index contributed by atoms with van der Waals surface area (Å²) >= 11 is 7.20. The van der Waals surface area contributed by atoms with Crippen LogP contribution in [0.1, 0.15) is 16.1 Å². The van der Waals surface area contributed by atoms with Crippen molar-refractivity contribution < 1.29 is 4.79 Å². The van der Waals surface area contributed by atoms with Crippen molar-refractivity contribution in [3.8, 4) is 0 Å². The monoisotopic (exact) mass is 280 g/mol. The number of aldehydes is 1. The van der Waals surface area contributed by atoms with Crippen LogP contribution < -0.4 is 5.56 Å². The molecule has 0 radical (unpaired) electrons. The number of hydrogen-bond donors (Lipinski definition) is 1. The number of carbonyl (C=O) groups excluding carboxylic acids is 1. The van der Waals surface area contributed by atoms with Crippen molar-refractivity contribution in [1.29, 1.82) is 0 Å². The molecule has 18 heavy (non-hydrogen) atoms. The molecule has 2 aromatic rings. The fourth-order valence-corrected chi connectivity index (χ4v) is 2.55. The number of aromatic nitrogens is 2. The fourth-order valence-electron chi connectivity index (χ4n) is 1.38. The maximum atomic E-state index is 11.3. The maximum Gasteiger partial charge on any atom is 0.251 e. The van der Waals surface area contributed by atoms with Crippen LogP contribution in [0.3, 0.4) is 0 Å². The standard InChI is InChI=1S/C12H9ClN2O2S/c1-7-4-11(17)15-12(14-7)18-9-3-2-8(6-16)10(13)5-9/h2-6H,1H3,(H,14,15,17). The Morgan fingerprint density at radius 3 is 2.78 bits per heavy atom. The molecule has 1 aromatic heterocycles. The minimum atomic E-state index is -0.194. The number of rotatable bonds is 3.